The van der Waals surface area contributed by atoms with Crippen LogP contribution in [0.15, 0.2) is 11.3 Å². The topological polar surface area (TPSA) is 83.9 Å². The van der Waals surface area contributed by atoms with Gasteiger partial charge in [-0.05, 0) is 19.4 Å². The molecule has 1 N–H and O–H groups in total. The molecule has 1 saturated heterocycles. The smallest absolute Gasteiger partial charge is 0.352 e. The molecule has 0 aliphatic carbocycles. The number of thioether (sulfide) groups is 1. The van der Waals surface area contributed by atoms with Gasteiger partial charge in [-0.1, -0.05) is 11.8 Å². The molecule has 2 unspecified atom stereocenters. The van der Waals surface area contributed by atoms with E-state index >= 15 is 0 Å². The first kappa shape index (κ1) is 14.7. The summed E-state index contributed by atoms with van der Waals surface area (Å²) in [4.78, 5) is 35.2. The highest BCUT2D eigenvalue weighted by atomic mass is 32.2. The van der Waals surface area contributed by atoms with Crippen LogP contribution in [0, 0.1) is 0 Å². The van der Waals surface area contributed by atoms with Gasteiger partial charge < -0.3 is 9.84 Å². The largest absolute Gasteiger partial charge is 0.477 e. The molecule has 1 rings (SSSR count). The molecule has 1 aliphatic rings. The summed E-state index contributed by atoms with van der Waals surface area (Å²) in [5.41, 5.74) is 0.409. The van der Waals surface area contributed by atoms with E-state index < -0.39 is 23.4 Å². The number of methoxy groups -OCH3 is 1. The van der Waals surface area contributed by atoms with Gasteiger partial charge in [-0.2, -0.15) is 0 Å². The number of rotatable bonds is 4. The van der Waals surface area contributed by atoms with Gasteiger partial charge in [0.15, 0.2) is 11.2 Å². The number of nitrogens with zero attached hydrogens (tertiary/aromatic N) is 1. The number of carboxylic acid groups (broad SMARTS) is 1. The van der Waals surface area contributed by atoms with Crippen LogP contribution in [0.25, 0.3) is 0 Å². The van der Waals surface area contributed by atoms with Crippen molar-refractivity contribution in [3.63, 3.8) is 0 Å². The maximum atomic E-state index is 11.8. The molecule has 7 heteroatoms. The molecule has 2 atom stereocenters. The van der Waals surface area contributed by atoms with Crippen LogP contribution >= 0.6 is 11.8 Å². The highest BCUT2D eigenvalue weighted by Gasteiger charge is 2.52. The first-order valence-electron chi connectivity index (χ1n) is 5.25. The van der Waals surface area contributed by atoms with Crippen LogP contribution in [0.3, 0.4) is 0 Å². The van der Waals surface area contributed by atoms with E-state index in [1.165, 1.54) is 14.0 Å². The molecule has 0 aromatic heterocycles. The number of β-lactam (4-membered cyclic amide) rings is 1. The van der Waals surface area contributed by atoms with Gasteiger partial charge in [0.05, 0.1) is 0 Å². The van der Waals surface area contributed by atoms with Crippen LogP contribution in [0.1, 0.15) is 20.8 Å². The van der Waals surface area contributed by atoms with E-state index in [1.54, 1.807) is 13.8 Å². The summed E-state index contributed by atoms with van der Waals surface area (Å²) in [7, 11) is 1.36. The van der Waals surface area contributed by atoms with E-state index in [1.807, 2.05) is 0 Å². The van der Waals surface area contributed by atoms with Crippen molar-refractivity contribution in [2.45, 2.75) is 32.2 Å². The molecule has 0 aromatic carbocycles. The fourth-order valence-electron chi connectivity index (χ4n) is 1.73. The van der Waals surface area contributed by atoms with Gasteiger partial charge in [-0.3, -0.25) is 14.5 Å². The van der Waals surface area contributed by atoms with Crippen molar-refractivity contribution in [2.24, 2.45) is 0 Å². The third-order valence-corrected chi connectivity index (χ3v) is 3.48. The van der Waals surface area contributed by atoms with Crippen LogP contribution in [0.2, 0.25) is 0 Å². The first-order valence-corrected chi connectivity index (χ1v) is 6.13. The second kappa shape index (κ2) is 5.53. The zero-order chi connectivity index (χ0) is 14.0. The summed E-state index contributed by atoms with van der Waals surface area (Å²) in [5.74, 6) is -1.62. The van der Waals surface area contributed by atoms with E-state index in [9.17, 15) is 14.4 Å². The van der Waals surface area contributed by atoms with Crippen LogP contribution < -0.4 is 0 Å². The van der Waals surface area contributed by atoms with Gasteiger partial charge in [0, 0.05) is 14.0 Å². The summed E-state index contributed by atoms with van der Waals surface area (Å²) in [5, 5.41) is 8.31. The minimum Gasteiger partial charge on any atom is -0.477 e. The van der Waals surface area contributed by atoms with Gasteiger partial charge >= 0.3 is 5.97 Å². The molecular formula is C11H15NO5S. The van der Waals surface area contributed by atoms with E-state index in [4.69, 9.17) is 9.84 Å². The van der Waals surface area contributed by atoms with Crippen LogP contribution in [0.4, 0.5) is 0 Å². The van der Waals surface area contributed by atoms with Crippen LogP contribution in [0.5, 0.6) is 0 Å². The Kier molecular flexibility index (Phi) is 4.53. The van der Waals surface area contributed by atoms with Crippen molar-refractivity contribution in [1.82, 2.24) is 4.90 Å². The summed E-state index contributed by atoms with van der Waals surface area (Å²) < 4.78 is 4.97. The molecule has 0 aromatic rings. The number of likely N-dealkylation sites (tertiary alicyclic amines) is 1. The molecule has 100 valence electrons. The Labute approximate surface area is 109 Å². The average molecular weight is 273 g/mol. The van der Waals surface area contributed by atoms with Gasteiger partial charge in [0.25, 0.3) is 5.91 Å². The second-order valence-corrected chi connectivity index (χ2v) is 5.31. The Balaban J connectivity index is 3.06. The number of allylic oxidation sites excluding steroid dienone is 1. The number of ether oxygens (including phenoxy) is 1. The Bertz CT molecular complexity index is 427. The number of hydrogen-bond donors (Lipinski definition) is 1. The maximum Gasteiger partial charge on any atom is 0.352 e. The number of carbonyl (C=O) groups excluding carboxylic acids is 2. The molecule has 0 spiro atoms. The molecule has 1 amide bonds. The predicted octanol–water partition coefficient (Wildman–Crippen LogP) is 0.828. The summed E-state index contributed by atoms with van der Waals surface area (Å²) >= 11 is 0.893. The number of aliphatic carboxylic acids is 1. The molecule has 6 nitrogen and oxygen atoms in total. The molecular weight excluding hydrogens is 258 g/mol. The van der Waals surface area contributed by atoms with Crippen LogP contribution in [-0.4, -0.2) is 45.6 Å². The summed E-state index contributed by atoms with van der Waals surface area (Å²) in [6.07, 6.45) is -0.771. The normalized spacial score (nSPS) is 22.4. The van der Waals surface area contributed by atoms with Gasteiger partial charge in [-0.25, -0.2) is 4.79 Å². The minimum absolute atomic E-state index is 0.0907. The van der Waals surface area contributed by atoms with E-state index in [-0.39, 0.29) is 10.8 Å². The number of amides is 1. The third-order valence-electron chi connectivity index (χ3n) is 2.45. The van der Waals surface area contributed by atoms with E-state index in [2.05, 4.69) is 0 Å². The van der Waals surface area contributed by atoms with E-state index in [0.29, 0.717) is 5.57 Å². The standard InChI is InChI=1S/C11H15NO5S/c1-5(2)7(11(15)16)12-9(14)8(17-4)10(12)18-6(3)13/h8,10H,1-4H3,(H,15,16). The first-order chi connectivity index (χ1) is 8.31. The lowest BCUT2D eigenvalue weighted by atomic mass is 10.1. The Morgan fingerprint density at radius 3 is 2.22 bits per heavy atom. The molecule has 1 fully saturated rings. The molecule has 0 radical (unpaired) electrons. The fourth-order valence-corrected chi connectivity index (χ4v) is 2.74. The average Bonchev–Trinajstić information content (AvgIpc) is 2.23. The van der Waals surface area contributed by atoms with Gasteiger partial charge in [0.1, 0.15) is 11.1 Å². The summed E-state index contributed by atoms with van der Waals surface area (Å²) in [6.45, 7) is 4.57. The Hall–Kier alpha value is -1.34. The zero-order valence-electron chi connectivity index (χ0n) is 10.6. The Morgan fingerprint density at radius 1 is 1.33 bits per heavy atom. The lowest BCUT2D eigenvalue weighted by Crippen LogP contribution is -2.64. The van der Waals surface area contributed by atoms with Crippen molar-refractivity contribution in [2.75, 3.05) is 7.11 Å². The molecule has 0 bridgehead atoms. The monoisotopic (exact) mass is 273 g/mol. The highest BCUT2D eigenvalue weighted by Crippen LogP contribution is 2.36. The SMILES string of the molecule is COC1C(=O)N(C(C(=O)O)=C(C)C)C1SC(C)=O. The van der Waals surface area contributed by atoms with Crippen molar-refractivity contribution in [3.8, 4) is 0 Å². The van der Waals surface area contributed by atoms with Crippen molar-refractivity contribution >= 4 is 28.8 Å². The van der Waals surface area contributed by atoms with Gasteiger partial charge in [-0.15, -0.1) is 0 Å². The van der Waals surface area contributed by atoms with Crippen LogP contribution in [-0.2, 0) is 19.1 Å². The summed E-state index contributed by atoms with van der Waals surface area (Å²) in [6, 6.07) is 0. The highest BCUT2D eigenvalue weighted by molar-refractivity contribution is 8.14. The number of hydrogen-bond acceptors (Lipinski definition) is 5. The minimum atomic E-state index is -1.19. The Morgan fingerprint density at radius 2 is 1.89 bits per heavy atom. The predicted molar refractivity (Wildman–Crippen MR) is 65.7 cm³/mol. The lowest BCUT2D eigenvalue weighted by molar-refractivity contribution is -0.161. The van der Waals surface area contributed by atoms with Gasteiger partial charge in [0.2, 0.25) is 0 Å². The molecule has 1 heterocycles. The van der Waals surface area contributed by atoms with E-state index in [0.717, 1.165) is 16.7 Å². The molecule has 1 aliphatic heterocycles. The second-order valence-electron chi connectivity index (χ2n) is 4.02. The fraction of sp³-hybridized carbons (Fsp3) is 0.545. The molecule has 0 saturated carbocycles. The van der Waals surface area contributed by atoms with Crippen molar-refractivity contribution < 1.29 is 24.2 Å². The third kappa shape index (κ3) is 2.56. The van der Waals surface area contributed by atoms with Crippen molar-refractivity contribution in [1.29, 1.82) is 0 Å². The quantitative estimate of drug-likeness (QED) is 0.603. The number of carbonyl (C=O) groups is 3. The molecule has 18 heavy (non-hydrogen) atoms. The lowest BCUT2D eigenvalue weighted by Gasteiger charge is -2.45. The number of carboxylic acids is 1. The zero-order valence-corrected chi connectivity index (χ0v) is 11.4. The van der Waals surface area contributed by atoms with Crippen molar-refractivity contribution in [3.05, 3.63) is 11.3 Å². The maximum absolute atomic E-state index is 11.8.